The molecular formula is C17H26N2O5. The molecule has 1 atom stereocenters. The van der Waals surface area contributed by atoms with Crippen molar-refractivity contribution < 1.29 is 24.3 Å². The maximum Gasteiger partial charge on any atom is 0.408 e. The molecule has 0 aliphatic carbocycles. The Balaban J connectivity index is 3.24. The third-order valence-electron chi connectivity index (χ3n) is 3.19. The van der Waals surface area contributed by atoms with Crippen molar-refractivity contribution in [3.63, 3.8) is 0 Å². The Morgan fingerprint density at radius 1 is 1.21 bits per heavy atom. The number of aliphatic hydroxyl groups excluding tert-OH is 1. The summed E-state index contributed by atoms with van der Waals surface area (Å²) >= 11 is 0. The Hall–Kier alpha value is -2.12. The maximum atomic E-state index is 12.9. The molecule has 134 valence electrons. The number of alkyl carbamates (subject to hydrolysis) is 1. The van der Waals surface area contributed by atoms with Crippen LogP contribution in [0.4, 0.5) is 4.79 Å². The number of carbonyl (C=O) groups excluding carboxylic acids is 2. The summed E-state index contributed by atoms with van der Waals surface area (Å²) in [5.74, 6) is -0.607. The van der Waals surface area contributed by atoms with Crippen molar-refractivity contribution in [3.05, 3.63) is 35.9 Å². The normalized spacial score (nSPS) is 13.8. The van der Waals surface area contributed by atoms with E-state index in [0.29, 0.717) is 5.56 Å². The highest BCUT2D eigenvalue weighted by Gasteiger charge is 2.44. The van der Waals surface area contributed by atoms with E-state index in [4.69, 9.17) is 9.57 Å². The number of nitrogens with zero attached hydrogens (tertiary/aromatic N) is 1. The average molecular weight is 338 g/mol. The van der Waals surface area contributed by atoms with E-state index < -0.39 is 29.7 Å². The summed E-state index contributed by atoms with van der Waals surface area (Å²) < 4.78 is 5.23. The predicted octanol–water partition coefficient (Wildman–Crippen LogP) is 1.81. The number of hydrogen-bond acceptors (Lipinski definition) is 5. The molecule has 0 heterocycles. The molecule has 0 bridgehead atoms. The number of nitrogens with one attached hydrogen (secondary N) is 1. The van der Waals surface area contributed by atoms with Gasteiger partial charge in [-0.05, 0) is 33.3 Å². The molecule has 0 radical (unpaired) electrons. The Morgan fingerprint density at radius 3 is 2.25 bits per heavy atom. The van der Waals surface area contributed by atoms with Crippen LogP contribution in [0.3, 0.4) is 0 Å². The monoisotopic (exact) mass is 338 g/mol. The van der Waals surface area contributed by atoms with Gasteiger partial charge in [0.25, 0.3) is 5.91 Å². The van der Waals surface area contributed by atoms with Crippen LogP contribution in [0.1, 0.15) is 33.3 Å². The third kappa shape index (κ3) is 4.94. The molecule has 2 N–H and O–H groups in total. The summed E-state index contributed by atoms with van der Waals surface area (Å²) in [5, 5.41) is 13.5. The van der Waals surface area contributed by atoms with Gasteiger partial charge in [-0.3, -0.25) is 9.63 Å². The molecule has 0 unspecified atom stereocenters. The zero-order chi connectivity index (χ0) is 18.4. The Bertz CT molecular complexity index is 556. The van der Waals surface area contributed by atoms with Crippen LogP contribution < -0.4 is 5.32 Å². The van der Waals surface area contributed by atoms with E-state index in [0.717, 1.165) is 5.06 Å². The first-order chi connectivity index (χ1) is 11.2. The van der Waals surface area contributed by atoms with Gasteiger partial charge in [-0.15, -0.1) is 0 Å². The second-order valence-corrected chi connectivity index (χ2v) is 6.28. The number of likely N-dealkylation sites (N-methyl/N-ethyl adjacent to an activating group) is 1. The van der Waals surface area contributed by atoms with Crippen LogP contribution in [0.25, 0.3) is 0 Å². The molecule has 0 aliphatic rings. The van der Waals surface area contributed by atoms with Gasteiger partial charge in [0.2, 0.25) is 0 Å². The molecule has 0 saturated heterocycles. The number of carbonyl (C=O) groups is 2. The molecule has 1 rings (SSSR count). The summed E-state index contributed by atoms with van der Waals surface area (Å²) in [6.45, 7) is 6.49. The third-order valence-corrected chi connectivity index (χ3v) is 3.19. The highest BCUT2D eigenvalue weighted by atomic mass is 16.7. The fourth-order valence-electron chi connectivity index (χ4n) is 2.17. The fraction of sp³-hybridized carbons (Fsp3) is 0.529. The molecule has 0 saturated carbocycles. The van der Waals surface area contributed by atoms with Gasteiger partial charge in [-0.1, -0.05) is 30.3 Å². The number of aliphatic hydroxyl groups is 1. The van der Waals surface area contributed by atoms with Gasteiger partial charge >= 0.3 is 6.09 Å². The molecule has 0 spiro atoms. The summed E-state index contributed by atoms with van der Waals surface area (Å²) in [4.78, 5) is 30.3. The van der Waals surface area contributed by atoms with Crippen LogP contribution in [-0.4, -0.2) is 48.0 Å². The minimum Gasteiger partial charge on any atom is -0.444 e. The van der Waals surface area contributed by atoms with E-state index in [2.05, 4.69) is 5.32 Å². The van der Waals surface area contributed by atoms with Crippen molar-refractivity contribution >= 4 is 12.0 Å². The number of hydroxylamine groups is 2. The van der Waals surface area contributed by atoms with Gasteiger partial charge in [0.05, 0.1) is 13.2 Å². The fourth-order valence-corrected chi connectivity index (χ4v) is 2.17. The Labute approximate surface area is 142 Å². The molecule has 0 fully saturated rings. The lowest BCUT2D eigenvalue weighted by Gasteiger charge is -2.35. The SMILES string of the molecule is CCON(C)C(=O)[C@](CO)(NC(=O)OC(C)(C)C)c1ccccc1. The van der Waals surface area contributed by atoms with Crippen LogP contribution >= 0.6 is 0 Å². The summed E-state index contributed by atoms with van der Waals surface area (Å²) in [7, 11) is 1.43. The molecule has 7 nitrogen and oxygen atoms in total. The van der Waals surface area contributed by atoms with Crippen molar-refractivity contribution in [1.29, 1.82) is 0 Å². The van der Waals surface area contributed by atoms with Crippen LogP contribution in [0.15, 0.2) is 30.3 Å². The van der Waals surface area contributed by atoms with Crippen molar-refractivity contribution in [2.45, 2.75) is 38.8 Å². The van der Waals surface area contributed by atoms with Crippen molar-refractivity contribution in [2.24, 2.45) is 0 Å². The van der Waals surface area contributed by atoms with E-state index in [1.54, 1.807) is 58.0 Å². The number of hydrogen-bond donors (Lipinski definition) is 2. The van der Waals surface area contributed by atoms with E-state index in [1.165, 1.54) is 7.05 Å². The molecule has 7 heteroatoms. The topological polar surface area (TPSA) is 88.1 Å². The Kier molecular flexibility index (Phi) is 6.74. The first-order valence-corrected chi connectivity index (χ1v) is 7.75. The zero-order valence-electron chi connectivity index (χ0n) is 14.8. The summed E-state index contributed by atoms with van der Waals surface area (Å²) in [6.07, 6.45) is -0.807. The van der Waals surface area contributed by atoms with Crippen LogP contribution in [-0.2, 0) is 19.9 Å². The van der Waals surface area contributed by atoms with Gasteiger partial charge in [0, 0.05) is 7.05 Å². The molecule has 0 aliphatic heterocycles. The van der Waals surface area contributed by atoms with Gasteiger partial charge in [0.15, 0.2) is 5.54 Å². The minimum atomic E-state index is -1.70. The summed E-state index contributed by atoms with van der Waals surface area (Å²) in [5.41, 5.74) is -2.01. The smallest absolute Gasteiger partial charge is 0.408 e. The number of benzene rings is 1. The highest BCUT2D eigenvalue weighted by molar-refractivity contribution is 5.90. The molecule has 2 amide bonds. The van der Waals surface area contributed by atoms with Gasteiger partial charge in [-0.2, -0.15) is 0 Å². The van der Waals surface area contributed by atoms with E-state index in [-0.39, 0.29) is 6.61 Å². The predicted molar refractivity (Wildman–Crippen MR) is 89.0 cm³/mol. The number of rotatable bonds is 6. The first kappa shape index (κ1) is 19.9. The van der Waals surface area contributed by atoms with Crippen molar-refractivity contribution in [3.8, 4) is 0 Å². The van der Waals surface area contributed by atoms with Crippen LogP contribution in [0.5, 0.6) is 0 Å². The maximum absolute atomic E-state index is 12.9. The van der Waals surface area contributed by atoms with Crippen molar-refractivity contribution in [2.75, 3.05) is 20.3 Å². The lowest BCUT2D eigenvalue weighted by molar-refractivity contribution is -0.186. The second-order valence-electron chi connectivity index (χ2n) is 6.28. The van der Waals surface area contributed by atoms with E-state index in [9.17, 15) is 14.7 Å². The highest BCUT2D eigenvalue weighted by Crippen LogP contribution is 2.24. The van der Waals surface area contributed by atoms with Gasteiger partial charge < -0.3 is 15.2 Å². The van der Waals surface area contributed by atoms with E-state index in [1.807, 2.05) is 0 Å². The molecular weight excluding hydrogens is 312 g/mol. The van der Waals surface area contributed by atoms with Crippen molar-refractivity contribution in [1.82, 2.24) is 10.4 Å². The molecule has 0 aromatic heterocycles. The Morgan fingerprint density at radius 2 is 1.79 bits per heavy atom. The largest absolute Gasteiger partial charge is 0.444 e. The number of ether oxygens (including phenoxy) is 1. The van der Waals surface area contributed by atoms with Crippen LogP contribution in [0.2, 0.25) is 0 Å². The average Bonchev–Trinajstić information content (AvgIpc) is 2.51. The molecule has 1 aromatic rings. The second kappa shape index (κ2) is 8.12. The molecule has 1 aromatic carbocycles. The lowest BCUT2D eigenvalue weighted by Crippen LogP contribution is -2.59. The van der Waals surface area contributed by atoms with Gasteiger partial charge in [-0.25, -0.2) is 9.86 Å². The standard InChI is InChI=1S/C17H26N2O5/c1-6-23-19(5)14(21)17(12-20,13-10-8-7-9-11-13)18-15(22)24-16(2,3)4/h7-11,20H,6,12H2,1-5H3,(H,18,22)/t17-/m1/s1. The quantitative estimate of drug-likeness (QED) is 0.772. The molecule has 24 heavy (non-hydrogen) atoms. The summed E-state index contributed by atoms with van der Waals surface area (Å²) in [6, 6.07) is 8.49. The first-order valence-electron chi connectivity index (χ1n) is 7.75. The van der Waals surface area contributed by atoms with Gasteiger partial charge in [0.1, 0.15) is 5.60 Å². The van der Waals surface area contributed by atoms with E-state index >= 15 is 0 Å². The lowest BCUT2D eigenvalue weighted by atomic mass is 9.89. The minimum absolute atomic E-state index is 0.269. The van der Waals surface area contributed by atoms with Crippen LogP contribution in [0, 0.1) is 0 Å². The number of amides is 2. The zero-order valence-corrected chi connectivity index (χ0v) is 14.8.